The molecule has 3 heterocycles. The Balaban J connectivity index is 1.10. The van der Waals surface area contributed by atoms with Gasteiger partial charge in [0, 0.05) is 36.0 Å². The van der Waals surface area contributed by atoms with Gasteiger partial charge in [-0.1, -0.05) is 18.6 Å². The van der Waals surface area contributed by atoms with Crippen molar-refractivity contribution in [3.63, 3.8) is 0 Å². The van der Waals surface area contributed by atoms with Crippen LogP contribution in [0, 0.1) is 5.92 Å². The Hall–Kier alpha value is -3.61. The second kappa shape index (κ2) is 8.06. The minimum absolute atomic E-state index is 0.0295. The molecule has 1 amide bonds. The summed E-state index contributed by atoms with van der Waals surface area (Å²) in [5.41, 5.74) is 3.36. The third kappa shape index (κ3) is 3.77. The van der Waals surface area contributed by atoms with Crippen LogP contribution in [0.15, 0.2) is 48.5 Å². The Morgan fingerprint density at radius 1 is 1.03 bits per heavy atom. The number of nitrogens with one attached hydrogen (secondary N) is 2. The van der Waals surface area contributed by atoms with E-state index in [2.05, 4.69) is 20.2 Å². The number of fused-ring (bicyclic) bond motifs is 2. The van der Waals surface area contributed by atoms with E-state index in [1.807, 2.05) is 42.5 Å². The number of rotatable bonds is 4. The second-order valence-electron chi connectivity index (χ2n) is 9.25. The van der Waals surface area contributed by atoms with Gasteiger partial charge in [-0.25, -0.2) is 9.97 Å². The Morgan fingerprint density at radius 2 is 1.88 bits per heavy atom. The number of nitrogens with zero attached hydrogens (tertiary/aromatic N) is 3. The predicted molar refractivity (Wildman–Crippen MR) is 130 cm³/mol. The number of imidazole rings is 1. The van der Waals surface area contributed by atoms with Gasteiger partial charge < -0.3 is 20.3 Å². The highest BCUT2D eigenvalue weighted by Gasteiger charge is 2.26. The molecule has 2 fully saturated rings. The average molecular weight is 442 g/mol. The lowest BCUT2D eigenvalue weighted by Crippen LogP contribution is -2.38. The van der Waals surface area contributed by atoms with E-state index in [1.54, 1.807) is 6.07 Å². The molecule has 4 aromatic rings. The number of hydrogen-bond acceptors (Lipinski definition) is 5. The molecule has 2 aromatic heterocycles. The van der Waals surface area contributed by atoms with Crippen LogP contribution in [0.5, 0.6) is 5.75 Å². The number of para-hydroxylation sites is 1. The summed E-state index contributed by atoms with van der Waals surface area (Å²) in [5.74, 6) is 2.70. The summed E-state index contributed by atoms with van der Waals surface area (Å²) in [4.78, 5) is 27.9. The summed E-state index contributed by atoms with van der Waals surface area (Å²) in [5, 5.41) is 14.1. The third-order valence-electron chi connectivity index (χ3n) is 7.13. The van der Waals surface area contributed by atoms with E-state index in [0.29, 0.717) is 11.4 Å². The zero-order valence-corrected chi connectivity index (χ0v) is 18.4. The quantitative estimate of drug-likeness (QED) is 0.417. The van der Waals surface area contributed by atoms with E-state index in [9.17, 15) is 9.90 Å². The second-order valence-corrected chi connectivity index (χ2v) is 9.25. The summed E-state index contributed by atoms with van der Waals surface area (Å²) in [6.45, 7) is 1.52. The Morgan fingerprint density at radius 3 is 2.67 bits per heavy atom. The molecular formula is C26H27N5O2. The van der Waals surface area contributed by atoms with E-state index in [4.69, 9.17) is 4.98 Å². The molecule has 0 bridgehead atoms. The van der Waals surface area contributed by atoms with Gasteiger partial charge in [0.25, 0.3) is 0 Å². The maximum Gasteiger partial charge on any atom is 0.227 e. The van der Waals surface area contributed by atoms with Gasteiger partial charge in [0.15, 0.2) is 0 Å². The number of aromatic nitrogens is 3. The van der Waals surface area contributed by atoms with E-state index in [-0.39, 0.29) is 17.6 Å². The molecule has 0 atom stereocenters. The number of aromatic hydroxyl groups is 1. The SMILES string of the molecule is O=C(Nc1ccc2nc(C3CCC3)[nH]c2c1)C1CCN(c2ccc3cccc(O)c3n2)CC1. The average Bonchev–Trinajstić information content (AvgIpc) is 3.20. The van der Waals surface area contributed by atoms with Crippen molar-refractivity contribution >= 4 is 39.3 Å². The van der Waals surface area contributed by atoms with Gasteiger partial charge in [-0.3, -0.25) is 4.79 Å². The number of piperidine rings is 1. The standard InChI is InChI=1S/C26H27N5O2/c32-22-6-2-3-16-7-10-23(30-24(16)22)31-13-11-18(12-14-31)26(33)27-19-8-9-20-21(15-19)29-25(28-20)17-4-1-5-17/h2-3,6-10,15,17-18,32H,1,4-5,11-14H2,(H,27,33)(H,28,29). The maximum atomic E-state index is 12.9. The summed E-state index contributed by atoms with van der Waals surface area (Å²) >= 11 is 0. The van der Waals surface area contributed by atoms with Crippen LogP contribution in [-0.4, -0.2) is 39.1 Å². The number of phenolic OH excluding ortho intramolecular Hbond substituents is 1. The van der Waals surface area contributed by atoms with E-state index < -0.39 is 0 Å². The topological polar surface area (TPSA) is 94.1 Å². The van der Waals surface area contributed by atoms with Crippen LogP contribution in [0.2, 0.25) is 0 Å². The van der Waals surface area contributed by atoms with Crippen LogP contribution in [0.25, 0.3) is 21.9 Å². The van der Waals surface area contributed by atoms with Gasteiger partial charge in [0.1, 0.15) is 22.9 Å². The highest BCUT2D eigenvalue weighted by molar-refractivity contribution is 5.94. The van der Waals surface area contributed by atoms with E-state index in [1.165, 1.54) is 19.3 Å². The molecule has 7 nitrogen and oxygen atoms in total. The first kappa shape index (κ1) is 20.0. The summed E-state index contributed by atoms with van der Waals surface area (Å²) in [7, 11) is 0. The van der Waals surface area contributed by atoms with Gasteiger partial charge >= 0.3 is 0 Å². The lowest BCUT2D eigenvalue weighted by molar-refractivity contribution is -0.120. The van der Waals surface area contributed by atoms with Crippen molar-refractivity contribution in [2.24, 2.45) is 5.92 Å². The molecule has 1 saturated carbocycles. The van der Waals surface area contributed by atoms with Crippen molar-refractivity contribution in [1.82, 2.24) is 15.0 Å². The number of aromatic amines is 1. The van der Waals surface area contributed by atoms with Crippen molar-refractivity contribution in [1.29, 1.82) is 0 Å². The molecule has 168 valence electrons. The van der Waals surface area contributed by atoms with Crippen molar-refractivity contribution < 1.29 is 9.90 Å². The fourth-order valence-corrected chi connectivity index (χ4v) is 4.89. The van der Waals surface area contributed by atoms with Crippen LogP contribution in [0.4, 0.5) is 11.5 Å². The van der Waals surface area contributed by atoms with Crippen molar-refractivity contribution in [3.05, 3.63) is 54.4 Å². The molecule has 33 heavy (non-hydrogen) atoms. The summed E-state index contributed by atoms with van der Waals surface area (Å²) in [6.07, 6.45) is 5.23. The molecule has 3 N–H and O–H groups in total. The Bertz CT molecular complexity index is 1340. The molecule has 7 heteroatoms. The summed E-state index contributed by atoms with van der Waals surface area (Å²) in [6, 6.07) is 15.3. The molecule has 1 aliphatic carbocycles. The summed E-state index contributed by atoms with van der Waals surface area (Å²) < 4.78 is 0. The number of hydrogen-bond donors (Lipinski definition) is 3. The number of phenols is 1. The number of H-pyrrole nitrogens is 1. The minimum Gasteiger partial charge on any atom is -0.506 e. The van der Waals surface area contributed by atoms with Crippen LogP contribution in [0.3, 0.4) is 0 Å². The zero-order chi connectivity index (χ0) is 22.4. The molecule has 1 saturated heterocycles. The fourth-order valence-electron chi connectivity index (χ4n) is 4.89. The zero-order valence-electron chi connectivity index (χ0n) is 18.4. The molecule has 2 aromatic carbocycles. The van der Waals surface area contributed by atoms with E-state index in [0.717, 1.165) is 59.7 Å². The highest BCUT2D eigenvalue weighted by Crippen LogP contribution is 2.36. The molecule has 2 aliphatic rings. The third-order valence-corrected chi connectivity index (χ3v) is 7.13. The normalized spacial score (nSPS) is 17.4. The molecular weight excluding hydrogens is 414 g/mol. The van der Waals surface area contributed by atoms with Crippen LogP contribution < -0.4 is 10.2 Å². The fraction of sp³-hybridized carbons (Fsp3) is 0.346. The first-order valence-electron chi connectivity index (χ1n) is 11.8. The number of pyridine rings is 1. The molecule has 1 aliphatic heterocycles. The van der Waals surface area contributed by atoms with Crippen molar-refractivity contribution in [2.75, 3.05) is 23.3 Å². The Labute approximate surface area is 191 Å². The van der Waals surface area contributed by atoms with Gasteiger partial charge in [0.05, 0.1) is 11.0 Å². The monoisotopic (exact) mass is 441 g/mol. The number of benzene rings is 2. The molecule has 6 rings (SSSR count). The van der Waals surface area contributed by atoms with Gasteiger partial charge in [-0.2, -0.15) is 0 Å². The van der Waals surface area contributed by atoms with Gasteiger partial charge in [-0.05, 0) is 62.1 Å². The molecule has 0 spiro atoms. The Kier molecular flexibility index (Phi) is 4.89. The van der Waals surface area contributed by atoms with Crippen LogP contribution in [-0.2, 0) is 4.79 Å². The van der Waals surface area contributed by atoms with E-state index >= 15 is 0 Å². The molecule has 0 radical (unpaired) electrons. The number of carbonyl (C=O) groups is 1. The number of anilines is 2. The van der Waals surface area contributed by atoms with Crippen LogP contribution >= 0.6 is 0 Å². The minimum atomic E-state index is -0.0295. The lowest BCUT2D eigenvalue weighted by Gasteiger charge is -2.32. The van der Waals surface area contributed by atoms with Crippen molar-refractivity contribution in [3.8, 4) is 5.75 Å². The smallest absolute Gasteiger partial charge is 0.227 e. The van der Waals surface area contributed by atoms with Crippen molar-refractivity contribution in [2.45, 2.75) is 38.0 Å². The highest BCUT2D eigenvalue weighted by atomic mass is 16.3. The van der Waals surface area contributed by atoms with Crippen LogP contribution in [0.1, 0.15) is 43.8 Å². The number of carbonyl (C=O) groups excluding carboxylic acids is 1. The predicted octanol–water partition coefficient (Wildman–Crippen LogP) is 4.94. The first-order chi connectivity index (χ1) is 16.1. The first-order valence-corrected chi connectivity index (χ1v) is 11.8. The lowest BCUT2D eigenvalue weighted by atomic mass is 9.85. The van der Waals surface area contributed by atoms with Gasteiger partial charge in [0.2, 0.25) is 5.91 Å². The van der Waals surface area contributed by atoms with Gasteiger partial charge in [-0.15, -0.1) is 0 Å². The maximum absolute atomic E-state index is 12.9. The molecule has 0 unspecified atom stereocenters. The number of amides is 1. The largest absolute Gasteiger partial charge is 0.506 e.